The molecular weight excluding hydrogens is 138 g/mol. The van der Waals surface area contributed by atoms with Crippen LogP contribution in [-0.4, -0.2) is 20.7 Å². The second kappa shape index (κ2) is 15.7. The normalized spacial score (nSPS) is 4.80. The van der Waals surface area contributed by atoms with Crippen molar-refractivity contribution in [3.8, 4) is 0 Å². The van der Waals surface area contributed by atoms with Gasteiger partial charge in [-0.2, -0.15) is 0 Å². The Labute approximate surface area is 70.2 Å². The molecule has 0 atom stereocenters. The van der Waals surface area contributed by atoms with Crippen LogP contribution in [0.2, 0.25) is 0 Å². The van der Waals surface area contributed by atoms with Gasteiger partial charge in [0.2, 0.25) is 0 Å². The molecule has 0 rings (SSSR count). The van der Waals surface area contributed by atoms with Gasteiger partial charge in [0, 0.05) is 0 Å². The van der Waals surface area contributed by atoms with Crippen LogP contribution in [0.5, 0.6) is 0 Å². The zero-order valence-electron chi connectivity index (χ0n) is 5.03. The van der Waals surface area contributed by atoms with Crippen molar-refractivity contribution in [2.24, 2.45) is 0 Å². The van der Waals surface area contributed by atoms with Crippen LogP contribution in [0, 0.1) is 0 Å². The van der Waals surface area contributed by atoms with Gasteiger partial charge in [0.1, 0.15) is 0 Å². The maximum atomic E-state index is 8.33. The Kier molecular flexibility index (Phi) is 36.0. The van der Waals surface area contributed by atoms with Gasteiger partial charge < -0.3 is 30.0 Å². The van der Waals surface area contributed by atoms with E-state index in [2.05, 4.69) is 0 Å². The number of rotatable bonds is 0. The molecule has 0 aliphatic carbocycles. The van der Waals surface area contributed by atoms with E-state index in [4.69, 9.17) is 30.0 Å². The fraction of sp³-hybridized carbons (Fsp3) is 0. The summed E-state index contributed by atoms with van der Waals surface area (Å²) in [7, 11) is 0. The Morgan fingerprint density at radius 3 is 0.800 bits per heavy atom. The van der Waals surface area contributed by atoms with E-state index in [1.54, 1.807) is 0 Å². The van der Waals surface area contributed by atoms with Crippen molar-refractivity contribution in [2.75, 3.05) is 0 Å². The van der Waals surface area contributed by atoms with Gasteiger partial charge in [0.05, 0.1) is 0 Å². The molecule has 0 N–H and O–H groups in total. The average molecular weight is 138 g/mol. The van der Waals surface area contributed by atoms with Crippen LogP contribution in [0.3, 0.4) is 0 Å². The van der Waals surface area contributed by atoms with Crippen LogP contribution >= 0.6 is 0 Å². The van der Waals surface area contributed by atoms with Gasteiger partial charge in [-0.05, 0) is 12.3 Å². The van der Waals surface area contributed by atoms with Crippen molar-refractivity contribution >= 4 is 20.7 Å². The number of hydrogen-bond acceptors (Lipinski definition) is 6. The molecular formula is C2BLiO6. The van der Waals surface area contributed by atoms with E-state index >= 15 is 0 Å². The summed E-state index contributed by atoms with van der Waals surface area (Å²) in [6.07, 6.45) is -4.67. The molecule has 0 unspecified atom stereocenters. The summed E-state index contributed by atoms with van der Waals surface area (Å²) in [5, 5.41) is 33.3. The molecule has 10 heavy (non-hydrogen) atoms. The molecule has 0 aliphatic rings. The molecule has 0 aliphatic heterocycles. The number of hydrogen-bond donors (Lipinski definition) is 0. The molecule has 0 aromatic carbocycles. The number of carbonyl (C=O) groups is 2. The van der Waals surface area contributed by atoms with Gasteiger partial charge in [-0.1, -0.05) is 0 Å². The van der Waals surface area contributed by atoms with E-state index < -0.39 is 12.3 Å². The Bertz CT molecular complexity index is 73.7. The van der Waals surface area contributed by atoms with E-state index in [-0.39, 0.29) is 27.3 Å². The van der Waals surface area contributed by atoms with E-state index in [1.165, 1.54) is 0 Å². The zero-order chi connectivity index (χ0) is 7.15. The summed E-state index contributed by atoms with van der Waals surface area (Å²) in [5.41, 5.74) is 0. The predicted octanol–water partition coefficient (Wildman–Crippen LogP) is -8.27. The van der Waals surface area contributed by atoms with Gasteiger partial charge in [0.25, 0.3) is 0 Å². The first-order valence-corrected chi connectivity index (χ1v) is 1.22. The summed E-state index contributed by atoms with van der Waals surface area (Å²) in [6, 6.07) is 0. The molecule has 0 aromatic rings. The monoisotopic (exact) mass is 138 g/mol. The molecule has 6 nitrogen and oxygen atoms in total. The molecule has 0 saturated heterocycles. The molecule has 0 amide bonds. The second-order valence-corrected chi connectivity index (χ2v) is 0.500. The van der Waals surface area contributed by atoms with Crippen LogP contribution in [0.4, 0.5) is 9.59 Å². The summed E-state index contributed by atoms with van der Waals surface area (Å²) in [4.78, 5) is 16.7. The third kappa shape index (κ3) is 435. The SMILES string of the molecule is O=C([O-])[O-].O=C([O-])[O-].[B+3].[Li+]. The number of carbonyl (C=O) groups excluding carboxylic acids is 2. The quantitative estimate of drug-likeness (QED) is 0.305. The van der Waals surface area contributed by atoms with E-state index in [0.29, 0.717) is 0 Å². The van der Waals surface area contributed by atoms with Gasteiger partial charge >= 0.3 is 27.3 Å². The van der Waals surface area contributed by atoms with Gasteiger partial charge in [-0.3, -0.25) is 0 Å². The summed E-state index contributed by atoms with van der Waals surface area (Å²) >= 11 is 0. The van der Waals surface area contributed by atoms with Crippen LogP contribution in [0.25, 0.3) is 0 Å². The largest absolute Gasteiger partial charge is 3.00 e. The molecule has 48 valence electrons. The van der Waals surface area contributed by atoms with Crippen LogP contribution in [-0.2, 0) is 0 Å². The summed E-state index contributed by atoms with van der Waals surface area (Å²) in [5.74, 6) is 0. The fourth-order valence-corrected chi connectivity index (χ4v) is 0. The van der Waals surface area contributed by atoms with Gasteiger partial charge in [0.15, 0.2) is 0 Å². The van der Waals surface area contributed by atoms with Crippen molar-refractivity contribution in [3.05, 3.63) is 0 Å². The Morgan fingerprint density at radius 1 is 0.800 bits per heavy atom. The summed E-state index contributed by atoms with van der Waals surface area (Å²) < 4.78 is 0. The van der Waals surface area contributed by atoms with Crippen molar-refractivity contribution in [2.45, 2.75) is 0 Å². The molecule has 0 aromatic heterocycles. The Morgan fingerprint density at radius 2 is 0.800 bits per heavy atom. The first-order chi connectivity index (χ1) is 3.46. The topological polar surface area (TPSA) is 126 Å². The fourth-order valence-electron chi connectivity index (χ4n) is 0. The molecule has 0 saturated carbocycles. The first kappa shape index (κ1) is 22.9. The third-order valence-electron chi connectivity index (χ3n) is 0. The average Bonchev–Trinajstić information content (AvgIpc) is 1.25. The van der Waals surface area contributed by atoms with E-state index in [0.717, 1.165) is 0 Å². The van der Waals surface area contributed by atoms with Gasteiger partial charge in [-0.15, -0.1) is 0 Å². The molecule has 8 heteroatoms. The van der Waals surface area contributed by atoms with E-state index in [9.17, 15) is 0 Å². The minimum atomic E-state index is -2.33. The van der Waals surface area contributed by atoms with Crippen LogP contribution in [0.15, 0.2) is 0 Å². The van der Waals surface area contributed by atoms with Crippen LogP contribution in [0.1, 0.15) is 0 Å². The van der Waals surface area contributed by atoms with Crippen molar-refractivity contribution < 1.29 is 48.9 Å². The van der Waals surface area contributed by atoms with E-state index in [1.807, 2.05) is 0 Å². The van der Waals surface area contributed by atoms with Crippen LogP contribution < -0.4 is 39.3 Å². The molecule has 0 heterocycles. The second-order valence-electron chi connectivity index (χ2n) is 0.500. The Hall–Kier alpha value is -0.798. The maximum Gasteiger partial charge on any atom is 3.00 e. The van der Waals surface area contributed by atoms with Crippen molar-refractivity contribution in [3.63, 3.8) is 0 Å². The maximum absolute atomic E-state index is 8.33. The smallest absolute Gasteiger partial charge is 0.652 e. The van der Waals surface area contributed by atoms with Gasteiger partial charge in [-0.25, -0.2) is 0 Å². The Balaban J connectivity index is -0.0000000300. The standard InChI is InChI=1S/2CH2O3.B.Li/c2*2-1(3)4;;/h2*(H2,2,3,4);;/q;;+3;+1/p-4. The number of carboxylic acid groups (broad SMARTS) is 4. The third-order valence-corrected chi connectivity index (χ3v) is 0. The molecule has 0 bridgehead atoms. The molecule has 0 spiro atoms. The minimum Gasteiger partial charge on any atom is -0.652 e. The van der Waals surface area contributed by atoms with Crippen molar-refractivity contribution in [1.29, 1.82) is 0 Å². The summed E-state index contributed by atoms with van der Waals surface area (Å²) in [6.45, 7) is 0. The molecule has 0 fully saturated rings. The minimum absolute atomic E-state index is 0. The molecule has 0 radical (unpaired) electrons. The zero-order valence-corrected chi connectivity index (χ0v) is 5.03. The van der Waals surface area contributed by atoms with Crippen molar-refractivity contribution in [1.82, 2.24) is 0 Å². The predicted molar refractivity (Wildman–Crippen MR) is 16.5 cm³/mol. The first-order valence-electron chi connectivity index (χ1n) is 1.22.